The minimum atomic E-state index is 1.06. The van der Waals surface area contributed by atoms with Crippen molar-refractivity contribution < 1.29 is 0 Å². The normalized spacial score (nSPS) is 9.92. The first kappa shape index (κ1) is 9.11. The van der Waals surface area contributed by atoms with Gasteiger partial charge in [-0.3, -0.25) is 0 Å². The summed E-state index contributed by atoms with van der Waals surface area (Å²) in [6.07, 6.45) is 1.17. The molecule has 0 saturated carbocycles. The molecule has 66 valence electrons. The molecule has 0 unspecified atom stereocenters. The maximum absolute atomic E-state index is 3.43. The minimum Gasteiger partial charge on any atom is -0.385 e. The second-order valence-corrected chi connectivity index (χ2v) is 3.19. The molecule has 1 aromatic rings. The van der Waals surface area contributed by atoms with Crippen LogP contribution in [0, 0.1) is 13.8 Å². The van der Waals surface area contributed by atoms with E-state index < -0.39 is 0 Å². The first-order valence-electron chi connectivity index (χ1n) is 4.55. The second-order valence-electron chi connectivity index (χ2n) is 3.19. The van der Waals surface area contributed by atoms with Crippen molar-refractivity contribution in [3.05, 3.63) is 29.3 Å². The fourth-order valence-corrected chi connectivity index (χ4v) is 1.34. The number of rotatable bonds is 3. The van der Waals surface area contributed by atoms with E-state index in [1.54, 1.807) is 0 Å². The summed E-state index contributed by atoms with van der Waals surface area (Å²) in [4.78, 5) is 0. The van der Waals surface area contributed by atoms with Gasteiger partial charge in [0.25, 0.3) is 0 Å². The lowest BCUT2D eigenvalue weighted by Crippen LogP contribution is -2.02. The average Bonchev–Trinajstić information content (AvgIpc) is 2.04. The van der Waals surface area contributed by atoms with Gasteiger partial charge in [-0.15, -0.1) is 0 Å². The van der Waals surface area contributed by atoms with Crippen molar-refractivity contribution in [2.24, 2.45) is 0 Å². The summed E-state index contributed by atoms with van der Waals surface area (Å²) in [6, 6.07) is 6.39. The number of hydrogen-bond acceptors (Lipinski definition) is 1. The van der Waals surface area contributed by atoms with Crippen LogP contribution in [0.5, 0.6) is 0 Å². The third-order valence-electron chi connectivity index (χ3n) is 2.03. The van der Waals surface area contributed by atoms with Crippen molar-refractivity contribution in [3.8, 4) is 0 Å². The number of hydrogen-bond donors (Lipinski definition) is 1. The van der Waals surface area contributed by atoms with E-state index in [0.29, 0.717) is 0 Å². The molecule has 1 N–H and O–H groups in total. The second kappa shape index (κ2) is 4.15. The van der Waals surface area contributed by atoms with E-state index in [1.807, 2.05) is 0 Å². The molecule has 0 heterocycles. The van der Waals surface area contributed by atoms with Gasteiger partial charge < -0.3 is 5.32 Å². The Balaban J connectivity index is 2.81. The lowest BCUT2D eigenvalue weighted by Gasteiger charge is -2.10. The van der Waals surface area contributed by atoms with E-state index in [4.69, 9.17) is 0 Å². The van der Waals surface area contributed by atoms with E-state index >= 15 is 0 Å². The van der Waals surface area contributed by atoms with Gasteiger partial charge in [0, 0.05) is 12.2 Å². The van der Waals surface area contributed by atoms with Gasteiger partial charge in [0.2, 0.25) is 0 Å². The summed E-state index contributed by atoms with van der Waals surface area (Å²) in [5.41, 5.74) is 3.98. The highest BCUT2D eigenvalue weighted by Gasteiger charge is 1.98. The number of aryl methyl sites for hydroxylation is 2. The van der Waals surface area contributed by atoms with Crippen molar-refractivity contribution in [3.63, 3.8) is 0 Å². The highest BCUT2D eigenvalue weighted by molar-refractivity contribution is 5.56. The molecule has 0 saturated heterocycles. The fraction of sp³-hybridized carbons (Fsp3) is 0.455. The maximum Gasteiger partial charge on any atom is 0.0399 e. The predicted octanol–water partition coefficient (Wildman–Crippen LogP) is 3.13. The van der Waals surface area contributed by atoms with E-state index in [0.717, 1.165) is 6.54 Å². The van der Waals surface area contributed by atoms with Gasteiger partial charge in [0.15, 0.2) is 0 Å². The molecular formula is C11H17N. The summed E-state index contributed by atoms with van der Waals surface area (Å²) in [6.45, 7) is 7.53. The van der Waals surface area contributed by atoms with E-state index in [1.165, 1.54) is 23.2 Å². The van der Waals surface area contributed by atoms with Crippen LogP contribution in [0.25, 0.3) is 0 Å². The lowest BCUT2D eigenvalue weighted by atomic mass is 10.1. The Kier molecular flexibility index (Phi) is 3.15. The molecule has 0 bridgehead atoms. The average molecular weight is 163 g/mol. The zero-order valence-corrected chi connectivity index (χ0v) is 8.15. The quantitative estimate of drug-likeness (QED) is 0.722. The van der Waals surface area contributed by atoms with Crippen LogP contribution >= 0.6 is 0 Å². The minimum absolute atomic E-state index is 1.06. The molecule has 0 aliphatic carbocycles. The Bertz CT molecular complexity index is 233. The molecule has 1 rings (SSSR count). The Morgan fingerprint density at radius 2 is 1.75 bits per heavy atom. The Labute approximate surface area is 74.8 Å². The first-order chi connectivity index (χ1) is 5.75. The summed E-state index contributed by atoms with van der Waals surface area (Å²) < 4.78 is 0. The molecule has 0 aliphatic rings. The van der Waals surface area contributed by atoms with Crippen LogP contribution in [0.15, 0.2) is 18.2 Å². The zero-order chi connectivity index (χ0) is 8.97. The van der Waals surface area contributed by atoms with Crippen molar-refractivity contribution in [1.29, 1.82) is 0 Å². The standard InChI is InChI=1S/C11H17N/c1-4-8-12-11-9(2)6-5-7-10(11)3/h5-7,12H,4,8H2,1-3H3. The van der Waals surface area contributed by atoms with Crippen LogP contribution < -0.4 is 5.32 Å². The van der Waals surface area contributed by atoms with Gasteiger partial charge in [-0.05, 0) is 31.4 Å². The molecule has 0 radical (unpaired) electrons. The SMILES string of the molecule is CCCNc1c(C)cccc1C. The third kappa shape index (κ3) is 2.00. The molecule has 0 atom stereocenters. The van der Waals surface area contributed by atoms with Crippen LogP contribution in [-0.4, -0.2) is 6.54 Å². The highest BCUT2D eigenvalue weighted by atomic mass is 14.9. The molecule has 0 aromatic heterocycles. The number of nitrogens with one attached hydrogen (secondary N) is 1. The monoisotopic (exact) mass is 163 g/mol. The molecule has 0 spiro atoms. The third-order valence-corrected chi connectivity index (χ3v) is 2.03. The van der Waals surface area contributed by atoms with Gasteiger partial charge in [0.05, 0.1) is 0 Å². The van der Waals surface area contributed by atoms with Crippen LogP contribution in [0.4, 0.5) is 5.69 Å². The molecule has 1 heteroatoms. The molecule has 1 aromatic carbocycles. The summed E-state index contributed by atoms with van der Waals surface area (Å²) in [5.74, 6) is 0. The van der Waals surface area contributed by atoms with Crippen LogP contribution in [0.1, 0.15) is 24.5 Å². The summed E-state index contributed by atoms with van der Waals surface area (Å²) >= 11 is 0. The van der Waals surface area contributed by atoms with Crippen LogP contribution in [-0.2, 0) is 0 Å². The molecule has 0 amide bonds. The molecule has 0 aliphatic heterocycles. The number of para-hydroxylation sites is 1. The maximum atomic E-state index is 3.43. The Morgan fingerprint density at radius 1 is 1.17 bits per heavy atom. The van der Waals surface area contributed by atoms with Crippen molar-refractivity contribution in [2.75, 3.05) is 11.9 Å². The van der Waals surface area contributed by atoms with Crippen LogP contribution in [0.3, 0.4) is 0 Å². The van der Waals surface area contributed by atoms with Gasteiger partial charge in [-0.1, -0.05) is 25.1 Å². The smallest absolute Gasteiger partial charge is 0.0399 e. The topological polar surface area (TPSA) is 12.0 Å². The van der Waals surface area contributed by atoms with E-state index in [-0.39, 0.29) is 0 Å². The molecule has 1 nitrogen and oxygen atoms in total. The molecule has 0 fully saturated rings. The largest absolute Gasteiger partial charge is 0.385 e. The highest BCUT2D eigenvalue weighted by Crippen LogP contribution is 2.18. The van der Waals surface area contributed by atoms with Crippen LogP contribution in [0.2, 0.25) is 0 Å². The number of anilines is 1. The Morgan fingerprint density at radius 3 is 2.25 bits per heavy atom. The lowest BCUT2D eigenvalue weighted by molar-refractivity contribution is 0.975. The van der Waals surface area contributed by atoms with Crippen molar-refractivity contribution in [2.45, 2.75) is 27.2 Å². The predicted molar refractivity (Wildman–Crippen MR) is 54.7 cm³/mol. The number of benzene rings is 1. The summed E-state index contributed by atoms with van der Waals surface area (Å²) in [5, 5.41) is 3.43. The van der Waals surface area contributed by atoms with E-state index in [9.17, 15) is 0 Å². The zero-order valence-electron chi connectivity index (χ0n) is 8.15. The van der Waals surface area contributed by atoms with Gasteiger partial charge in [-0.2, -0.15) is 0 Å². The van der Waals surface area contributed by atoms with Gasteiger partial charge >= 0.3 is 0 Å². The summed E-state index contributed by atoms with van der Waals surface area (Å²) in [7, 11) is 0. The first-order valence-corrected chi connectivity index (χ1v) is 4.55. The van der Waals surface area contributed by atoms with Gasteiger partial charge in [0.1, 0.15) is 0 Å². The van der Waals surface area contributed by atoms with Crippen molar-refractivity contribution in [1.82, 2.24) is 0 Å². The van der Waals surface area contributed by atoms with Crippen molar-refractivity contribution >= 4 is 5.69 Å². The Hall–Kier alpha value is -0.980. The molecular weight excluding hydrogens is 146 g/mol. The fourth-order valence-electron chi connectivity index (χ4n) is 1.34. The van der Waals surface area contributed by atoms with Gasteiger partial charge in [-0.25, -0.2) is 0 Å². The van der Waals surface area contributed by atoms with E-state index in [2.05, 4.69) is 44.3 Å². The molecule has 12 heavy (non-hydrogen) atoms.